The number of hydrogen-bond donors (Lipinski definition) is 1. The number of carbonyl (C=O) groups excluding carboxylic acids is 1. The van der Waals surface area contributed by atoms with Crippen LogP contribution in [0.1, 0.15) is 15.2 Å². The summed E-state index contributed by atoms with van der Waals surface area (Å²) in [5, 5.41) is 9.62. The zero-order valence-corrected chi connectivity index (χ0v) is 16.7. The molecule has 3 aromatic rings. The molecule has 2 aromatic carbocycles. The highest BCUT2D eigenvalue weighted by molar-refractivity contribution is 7.17. The molecule has 3 nitrogen and oxygen atoms in total. The van der Waals surface area contributed by atoms with Crippen molar-refractivity contribution in [3.63, 3.8) is 0 Å². The molecule has 0 radical (unpaired) electrons. The molecule has 0 unspecified atom stereocenters. The van der Waals surface area contributed by atoms with Gasteiger partial charge in [0.1, 0.15) is 16.5 Å². The highest BCUT2D eigenvalue weighted by Gasteiger charge is 2.31. The van der Waals surface area contributed by atoms with Crippen LogP contribution in [0.4, 0.5) is 13.2 Å². The maximum Gasteiger partial charge on any atom is 0.573 e. The van der Waals surface area contributed by atoms with E-state index in [1.165, 1.54) is 59.9 Å². The van der Waals surface area contributed by atoms with Gasteiger partial charge >= 0.3 is 6.36 Å². The lowest BCUT2D eigenvalue weighted by molar-refractivity contribution is -0.274. The molecule has 1 N–H and O–H groups in total. The summed E-state index contributed by atoms with van der Waals surface area (Å²) in [6.45, 7) is 0. The molecule has 0 fully saturated rings. The molecule has 0 amide bonds. The topological polar surface area (TPSA) is 46.5 Å². The normalized spacial score (nSPS) is 11.8. The lowest BCUT2D eigenvalue weighted by Gasteiger charge is -2.08. The zero-order valence-electron chi connectivity index (χ0n) is 14.3. The van der Waals surface area contributed by atoms with Crippen LogP contribution in [0, 0.1) is 0 Å². The summed E-state index contributed by atoms with van der Waals surface area (Å²) in [5.41, 5.74) is 1.13. The summed E-state index contributed by atoms with van der Waals surface area (Å²) < 4.78 is 40.5. The van der Waals surface area contributed by atoms with Crippen LogP contribution in [-0.2, 0) is 0 Å². The quantitative estimate of drug-likeness (QED) is 0.324. The number of carbonyl (C=O) groups is 1. The van der Waals surface area contributed by atoms with Crippen molar-refractivity contribution in [2.24, 2.45) is 0 Å². The van der Waals surface area contributed by atoms with Gasteiger partial charge in [0.25, 0.3) is 0 Å². The standard InChI is InChI=1S/C20H11Cl2F3O3S/c21-18-12(4-8-15(27)19(18)22)3-7-14(26)17-10-9-16(29-17)11-1-5-13(6-2-11)28-20(23,24)25/h1-10,27H/b7-3+. The van der Waals surface area contributed by atoms with E-state index in [0.717, 1.165) is 0 Å². The molecule has 0 atom stereocenters. The van der Waals surface area contributed by atoms with Gasteiger partial charge in [-0.15, -0.1) is 24.5 Å². The van der Waals surface area contributed by atoms with Gasteiger partial charge in [-0.1, -0.05) is 23.2 Å². The van der Waals surface area contributed by atoms with Gasteiger partial charge < -0.3 is 9.84 Å². The van der Waals surface area contributed by atoms with Crippen LogP contribution in [0.2, 0.25) is 10.0 Å². The van der Waals surface area contributed by atoms with Crippen LogP contribution in [0.5, 0.6) is 11.5 Å². The van der Waals surface area contributed by atoms with Gasteiger partial charge in [0.2, 0.25) is 0 Å². The number of benzene rings is 2. The molecular weight excluding hydrogens is 448 g/mol. The lowest BCUT2D eigenvalue weighted by atomic mass is 10.1. The molecule has 0 aliphatic heterocycles. The predicted octanol–water partition coefficient (Wildman–Crippen LogP) is 7.22. The minimum atomic E-state index is -4.75. The minimum Gasteiger partial charge on any atom is -0.506 e. The molecule has 9 heteroatoms. The number of rotatable bonds is 5. The number of hydrogen-bond acceptors (Lipinski definition) is 4. The summed E-state index contributed by atoms with van der Waals surface area (Å²) in [5.74, 6) is -0.755. The molecule has 0 saturated heterocycles. The third-order valence-electron chi connectivity index (χ3n) is 3.73. The second-order valence-corrected chi connectivity index (χ2v) is 7.58. The smallest absolute Gasteiger partial charge is 0.506 e. The molecular formula is C20H11Cl2F3O3S. The first-order valence-corrected chi connectivity index (χ1v) is 9.56. The average Bonchev–Trinajstić information content (AvgIpc) is 3.15. The number of alkyl halides is 3. The van der Waals surface area contributed by atoms with E-state index in [9.17, 15) is 23.1 Å². The average molecular weight is 459 g/mol. The third kappa shape index (κ3) is 5.32. The van der Waals surface area contributed by atoms with E-state index in [0.29, 0.717) is 20.9 Å². The highest BCUT2D eigenvalue weighted by atomic mass is 35.5. The Kier molecular flexibility index (Phi) is 6.21. The van der Waals surface area contributed by atoms with Gasteiger partial charge in [-0.05, 0) is 71.8 Å². The number of ether oxygens (including phenoxy) is 1. The molecule has 29 heavy (non-hydrogen) atoms. The predicted molar refractivity (Wildman–Crippen MR) is 108 cm³/mol. The van der Waals surface area contributed by atoms with E-state index < -0.39 is 6.36 Å². The summed E-state index contributed by atoms with van der Waals surface area (Å²) in [6, 6.07) is 11.6. The van der Waals surface area contributed by atoms with Crippen molar-refractivity contribution < 1.29 is 27.8 Å². The number of phenolic OH excluding ortho intramolecular Hbond substituents is 1. The summed E-state index contributed by atoms with van der Waals surface area (Å²) in [6.07, 6.45) is -1.94. The van der Waals surface area contributed by atoms with Gasteiger partial charge in [0.15, 0.2) is 5.78 Å². The Morgan fingerprint density at radius 3 is 2.34 bits per heavy atom. The van der Waals surface area contributed by atoms with Crippen LogP contribution in [-0.4, -0.2) is 17.3 Å². The number of thiophene rings is 1. The number of ketones is 1. The fraction of sp³-hybridized carbons (Fsp3) is 0.0500. The zero-order chi connectivity index (χ0) is 21.2. The number of halogens is 5. The van der Waals surface area contributed by atoms with Crippen LogP contribution in [0.3, 0.4) is 0 Å². The maximum absolute atomic E-state index is 12.4. The van der Waals surface area contributed by atoms with Crippen LogP contribution >= 0.6 is 34.5 Å². The van der Waals surface area contributed by atoms with Crippen LogP contribution < -0.4 is 4.74 Å². The Morgan fingerprint density at radius 2 is 1.69 bits per heavy atom. The molecule has 0 saturated carbocycles. The second kappa shape index (κ2) is 8.49. The van der Waals surface area contributed by atoms with E-state index in [4.69, 9.17) is 23.2 Å². The first-order chi connectivity index (χ1) is 13.6. The Hall–Kier alpha value is -2.48. The Labute approximate surface area is 177 Å². The lowest BCUT2D eigenvalue weighted by Crippen LogP contribution is -2.16. The Morgan fingerprint density at radius 1 is 1.00 bits per heavy atom. The second-order valence-electron chi connectivity index (χ2n) is 5.74. The van der Waals surface area contributed by atoms with Gasteiger partial charge in [-0.25, -0.2) is 0 Å². The first-order valence-electron chi connectivity index (χ1n) is 7.99. The Balaban J connectivity index is 1.74. The number of allylic oxidation sites excluding steroid dienone is 1. The molecule has 150 valence electrons. The van der Waals surface area contributed by atoms with Gasteiger partial charge in [-0.3, -0.25) is 4.79 Å². The van der Waals surface area contributed by atoms with Crippen LogP contribution in [0.25, 0.3) is 16.5 Å². The Bertz CT molecular complexity index is 1070. The number of phenols is 1. The highest BCUT2D eigenvalue weighted by Crippen LogP contribution is 2.35. The molecule has 1 aromatic heterocycles. The molecule has 0 bridgehead atoms. The SMILES string of the molecule is O=C(/C=C/c1ccc(O)c(Cl)c1Cl)c1ccc(-c2ccc(OC(F)(F)F)cc2)s1. The van der Waals surface area contributed by atoms with Gasteiger partial charge in [-0.2, -0.15) is 0 Å². The van der Waals surface area contributed by atoms with Crippen molar-refractivity contribution in [2.75, 3.05) is 0 Å². The maximum atomic E-state index is 12.4. The summed E-state index contributed by atoms with van der Waals surface area (Å²) in [7, 11) is 0. The van der Waals surface area contributed by atoms with Crippen LogP contribution in [0.15, 0.2) is 54.6 Å². The third-order valence-corrected chi connectivity index (χ3v) is 5.76. The summed E-state index contributed by atoms with van der Waals surface area (Å²) in [4.78, 5) is 13.5. The van der Waals surface area contributed by atoms with E-state index in [-0.39, 0.29) is 27.3 Å². The monoisotopic (exact) mass is 458 g/mol. The molecule has 0 aliphatic rings. The van der Waals surface area contributed by atoms with Crippen molar-refractivity contribution in [2.45, 2.75) is 6.36 Å². The van der Waals surface area contributed by atoms with Crippen molar-refractivity contribution >= 4 is 46.4 Å². The molecule has 3 rings (SSSR count). The van der Waals surface area contributed by atoms with Crippen molar-refractivity contribution in [1.29, 1.82) is 0 Å². The molecule has 0 aliphatic carbocycles. The van der Waals surface area contributed by atoms with Crippen molar-refractivity contribution in [3.8, 4) is 21.9 Å². The molecule has 0 spiro atoms. The van der Waals surface area contributed by atoms with E-state index in [2.05, 4.69) is 4.74 Å². The van der Waals surface area contributed by atoms with Crippen molar-refractivity contribution in [1.82, 2.24) is 0 Å². The largest absolute Gasteiger partial charge is 0.573 e. The fourth-order valence-electron chi connectivity index (χ4n) is 2.38. The minimum absolute atomic E-state index is 0.00220. The van der Waals surface area contributed by atoms with Gasteiger partial charge in [0.05, 0.1) is 9.90 Å². The fourth-order valence-corrected chi connectivity index (χ4v) is 3.70. The molecule has 1 heterocycles. The van der Waals surface area contributed by atoms with E-state index >= 15 is 0 Å². The van der Waals surface area contributed by atoms with Crippen molar-refractivity contribution in [3.05, 3.63) is 75.1 Å². The summed E-state index contributed by atoms with van der Waals surface area (Å²) >= 11 is 13.1. The number of aromatic hydroxyl groups is 1. The van der Waals surface area contributed by atoms with E-state index in [1.807, 2.05) is 0 Å². The van der Waals surface area contributed by atoms with E-state index in [1.54, 1.807) is 12.1 Å². The first kappa shape index (κ1) is 21.2. The van der Waals surface area contributed by atoms with Gasteiger partial charge in [0, 0.05) is 4.88 Å².